The minimum Gasteiger partial charge on any atom is -0.371 e. The standard InChI is InChI=1S/C12H16O.C2H6/c1-9-4-5-10-6-7-13-12(2,3)11(10)8-9;1-2/h4-5,8H,6-7H2,1-3H3;1-2H3. The van der Waals surface area contributed by atoms with Crippen LogP contribution in [0.2, 0.25) is 0 Å². The summed E-state index contributed by atoms with van der Waals surface area (Å²) in [7, 11) is 0. The summed E-state index contributed by atoms with van der Waals surface area (Å²) in [6.45, 7) is 11.3. The lowest BCUT2D eigenvalue weighted by Crippen LogP contribution is -2.29. The molecule has 0 saturated carbocycles. The molecule has 1 heteroatoms. The van der Waals surface area contributed by atoms with Gasteiger partial charge in [-0.1, -0.05) is 37.6 Å². The van der Waals surface area contributed by atoms with Crippen LogP contribution in [0.15, 0.2) is 18.2 Å². The predicted molar refractivity (Wildman–Crippen MR) is 65.2 cm³/mol. The van der Waals surface area contributed by atoms with Gasteiger partial charge in [-0.25, -0.2) is 0 Å². The number of hydrogen-bond acceptors (Lipinski definition) is 1. The zero-order chi connectivity index (χ0) is 11.5. The minimum absolute atomic E-state index is 0.0976. The third-order valence-electron chi connectivity index (χ3n) is 2.75. The number of hydrogen-bond donors (Lipinski definition) is 0. The normalized spacial score (nSPS) is 17.4. The van der Waals surface area contributed by atoms with Crippen molar-refractivity contribution >= 4 is 0 Å². The summed E-state index contributed by atoms with van der Waals surface area (Å²) in [4.78, 5) is 0. The van der Waals surface area contributed by atoms with Crippen molar-refractivity contribution in [2.24, 2.45) is 0 Å². The van der Waals surface area contributed by atoms with Gasteiger partial charge in [0.1, 0.15) is 0 Å². The molecule has 2 rings (SSSR count). The first-order valence-corrected chi connectivity index (χ1v) is 5.83. The minimum atomic E-state index is -0.0976. The third-order valence-corrected chi connectivity index (χ3v) is 2.75. The number of benzene rings is 1. The van der Waals surface area contributed by atoms with Gasteiger partial charge in [-0.05, 0) is 38.3 Å². The maximum absolute atomic E-state index is 5.75. The van der Waals surface area contributed by atoms with E-state index in [0.717, 1.165) is 13.0 Å². The maximum atomic E-state index is 5.75. The molecule has 1 heterocycles. The molecule has 0 saturated heterocycles. The van der Waals surface area contributed by atoms with Crippen LogP contribution in [-0.2, 0) is 16.8 Å². The molecule has 0 aliphatic carbocycles. The number of ether oxygens (including phenoxy) is 1. The van der Waals surface area contributed by atoms with Gasteiger partial charge in [0, 0.05) is 0 Å². The molecule has 1 aromatic carbocycles. The molecule has 1 nitrogen and oxygen atoms in total. The van der Waals surface area contributed by atoms with E-state index in [4.69, 9.17) is 4.74 Å². The fourth-order valence-corrected chi connectivity index (χ4v) is 1.96. The molecule has 15 heavy (non-hydrogen) atoms. The van der Waals surface area contributed by atoms with Crippen molar-refractivity contribution in [3.63, 3.8) is 0 Å². The lowest BCUT2D eigenvalue weighted by molar-refractivity contribution is -0.0315. The fourth-order valence-electron chi connectivity index (χ4n) is 1.96. The van der Waals surface area contributed by atoms with Crippen molar-refractivity contribution in [2.45, 2.75) is 46.6 Å². The highest BCUT2D eigenvalue weighted by Gasteiger charge is 2.27. The van der Waals surface area contributed by atoms with Gasteiger partial charge in [-0.15, -0.1) is 0 Å². The monoisotopic (exact) mass is 206 g/mol. The second-order valence-electron chi connectivity index (χ2n) is 4.27. The predicted octanol–water partition coefficient (Wildman–Crippen LogP) is 3.83. The molecule has 0 aromatic heterocycles. The summed E-state index contributed by atoms with van der Waals surface area (Å²) < 4.78 is 5.75. The van der Waals surface area contributed by atoms with Gasteiger partial charge < -0.3 is 4.74 Å². The summed E-state index contributed by atoms with van der Waals surface area (Å²) >= 11 is 0. The lowest BCUT2D eigenvalue weighted by atomic mass is 9.88. The topological polar surface area (TPSA) is 9.23 Å². The van der Waals surface area contributed by atoms with E-state index in [0.29, 0.717) is 0 Å². The van der Waals surface area contributed by atoms with Crippen LogP contribution < -0.4 is 0 Å². The highest BCUT2D eigenvalue weighted by molar-refractivity contribution is 5.36. The summed E-state index contributed by atoms with van der Waals surface area (Å²) in [6.07, 6.45) is 1.05. The molecule has 1 aromatic rings. The van der Waals surface area contributed by atoms with Crippen molar-refractivity contribution in [1.82, 2.24) is 0 Å². The van der Waals surface area contributed by atoms with E-state index >= 15 is 0 Å². The van der Waals surface area contributed by atoms with Crippen LogP contribution in [0.4, 0.5) is 0 Å². The first-order chi connectivity index (χ1) is 7.09. The average molecular weight is 206 g/mol. The van der Waals surface area contributed by atoms with E-state index in [9.17, 15) is 0 Å². The van der Waals surface area contributed by atoms with Gasteiger partial charge >= 0.3 is 0 Å². The Morgan fingerprint density at radius 1 is 1.20 bits per heavy atom. The highest BCUT2D eigenvalue weighted by atomic mass is 16.5. The Labute approximate surface area is 93.5 Å². The third kappa shape index (κ3) is 2.60. The Morgan fingerprint density at radius 2 is 1.87 bits per heavy atom. The number of rotatable bonds is 0. The second kappa shape index (κ2) is 4.80. The van der Waals surface area contributed by atoms with Gasteiger partial charge in [0.2, 0.25) is 0 Å². The number of fused-ring (bicyclic) bond motifs is 1. The molecule has 0 fully saturated rings. The van der Waals surface area contributed by atoms with Gasteiger partial charge in [-0.2, -0.15) is 0 Å². The van der Waals surface area contributed by atoms with E-state index < -0.39 is 0 Å². The van der Waals surface area contributed by atoms with E-state index in [1.165, 1.54) is 16.7 Å². The zero-order valence-corrected chi connectivity index (χ0v) is 10.6. The molecule has 0 amide bonds. The van der Waals surface area contributed by atoms with Crippen LogP contribution in [0.25, 0.3) is 0 Å². The van der Waals surface area contributed by atoms with Crippen molar-refractivity contribution < 1.29 is 4.74 Å². The van der Waals surface area contributed by atoms with Crippen LogP contribution in [0.5, 0.6) is 0 Å². The van der Waals surface area contributed by atoms with Gasteiger partial charge in [0.05, 0.1) is 12.2 Å². The van der Waals surface area contributed by atoms with Crippen molar-refractivity contribution in [3.8, 4) is 0 Å². The van der Waals surface area contributed by atoms with E-state index in [1.54, 1.807) is 0 Å². The van der Waals surface area contributed by atoms with Crippen LogP contribution in [0.1, 0.15) is 44.4 Å². The summed E-state index contributed by atoms with van der Waals surface area (Å²) in [6, 6.07) is 6.66. The van der Waals surface area contributed by atoms with E-state index in [2.05, 4.69) is 39.0 Å². The van der Waals surface area contributed by atoms with Gasteiger partial charge in [0.25, 0.3) is 0 Å². The van der Waals surface area contributed by atoms with E-state index in [1.807, 2.05) is 13.8 Å². The number of aryl methyl sites for hydroxylation is 1. The quantitative estimate of drug-likeness (QED) is 0.627. The highest BCUT2D eigenvalue weighted by Crippen LogP contribution is 2.32. The zero-order valence-electron chi connectivity index (χ0n) is 10.6. The molecule has 0 spiro atoms. The Hall–Kier alpha value is -0.820. The van der Waals surface area contributed by atoms with Crippen molar-refractivity contribution in [2.75, 3.05) is 6.61 Å². The molecule has 1 aliphatic heterocycles. The Bertz CT molecular complexity index is 326. The first-order valence-electron chi connectivity index (χ1n) is 5.83. The molecule has 0 bridgehead atoms. The molecule has 0 unspecified atom stereocenters. The molecular formula is C14H22O. The molecule has 0 radical (unpaired) electrons. The summed E-state index contributed by atoms with van der Waals surface area (Å²) in [5, 5.41) is 0. The second-order valence-corrected chi connectivity index (χ2v) is 4.27. The molecule has 0 atom stereocenters. The molecular weight excluding hydrogens is 184 g/mol. The van der Waals surface area contributed by atoms with Crippen LogP contribution >= 0.6 is 0 Å². The fraction of sp³-hybridized carbons (Fsp3) is 0.571. The Morgan fingerprint density at radius 3 is 2.53 bits per heavy atom. The molecule has 1 aliphatic rings. The largest absolute Gasteiger partial charge is 0.371 e. The van der Waals surface area contributed by atoms with Crippen molar-refractivity contribution in [1.29, 1.82) is 0 Å². The smallest absolute Gasteiger partial charge is 0.0878 e. The summed E-state index contributed by atoms with van der Waals surface area (Å²) in [5.41, 5.74) is 4.03. The molecule has 84 valence electrons. The lowest BCUT2D eigenvalue weighted by Gasteiger charge is -2.33. The Balaban J connectivity index is 0.000000531. The van der Waals surface area contributed by atoms with E-state index in [-0.39, 0.29) is 5.60 Å². The van der Waals surface area contributed by atoms with Crippen LogP contribution in [0.3, 0.4) is 0 Å². The van der Waals surface area contributed by atoms with Crippen LogP contribution in [-0.4, -0.2) is 6.61 Å². The summed E-state index contributed by atoms with van der Waals surface area (Å²) in [5.74, 6) is 0. The van der Waals surface area contributed by atoms with Gasteiger partial charge in [0.15, 0.2) is 0 Å². The molecule has 0 N–H and O–H groups in total. The SMILES string of the molecule is CC.Cc1ccc2c(c1)C(C)(C)OCC2. The van der Waals surface area contributed by atoms with Gasteiger partial charge in [-0.3, -0.25) is 0 Å². The Kier molecular flexibility index (Phi) is 3.92. The van der Waals surface area contributed by atoms with Crippen LogP contribution in [0, 0.1) is 6.92 Å². The van der Waals surface area contributed by atoms with Crippen molar-refractivity contribution in [3.05, 3.63) is 34.9 Å². The maximum Gasteiger partial charge on any atom is 0.0878 e. The first kappa shape index (κ1) is 12.3. The average Bonchev–Trinajstić information content (AvgIpc) is 2.22.